The average molecular weight is 345 g/mol. The summed E-state index contributed by atoms with van der Waals surface area (Å²) in [6.07, 6.45) is 22.2. The van der Waals surface area contributed by atoms with Gasteiger partial charge in [-0.3, -0.25) is 0 Å². The molecule has 0 saturated carbocycles. The predicted octanol–water partition coefficient (Wildman–Crippen LogP) is 8.58. The number of unbranched alkanes of at least 4 members (excludes halogenated alkanes) is 12. The van der Waals surface area contributed by atoms with Crippen LogP contribution in [0.1, 0.15) is 120 Å². The van der Waals surface area contributed by atoms with Crippen LogP contribution in [0.5, 0.6) is 0 Å². The number of rotatable bonds is 16. The average Bonchev–Trinajstić information content (AvgIpc) is 2.60. The summed E-state index contributed by atoms with van der Waals surface area (Å²) in [5.74, 6) is 0. The Hall–Kier alpha value is -0.780. The summed E-state index contributed by atoms with van der Waals surface area (Å²) in [6.45, 7) is 6.85. The van der Waals surface area contributed by atoms with Crippen molar-refractivity contribution in [1.82, 2.24) is 0 Å². The second-order valence-electron chi connectivity index (χ2n) is 8.07. The minimum Gasteiger partial charge on any atom is -0.0654 e. The summed E-state index contributed by atoms with van der Waals surface area (Å²) in [5, 5.41) is 0. The van der Waals surface area contributed by atoms with E-state index in [0.29, 0.717) is 0 Å². The fourth-order valence-electron chi connectivity index (χ4n) is 3.81. The van der Waals surface area contributed by atoms with Gasteiger partial charge in [-0.05, 0) is 43.7 Å². The van der Waals surface area contributed by atoms with Crippen LogP contribution in [-0.2, 0) is 12.8 Å². The number of aryl methyl sites for hydroxylation is 3. The molecule has 0 aliphatic carbocycles. The van der Waals surface area contributed by atoms with Crippen LogP contribution in [0.3, 0.4) is 0 Å². The van der Waals surface area contributed by atoms with Gasteiger partial charge in [-0.15, -0.1) is 0 Å². The van der Waals surface area contributed by atoms with Crippen molar-refractivity contribution in [2.75, 3.05) is 0 Å². The maximum Gasteiger partial charge on any atom is -0.0279 e. The highest BCUT2D eigenvalue weighted by Gasteiger charge is 2.01. The van der Waals surface area contributed by atoms with Gasteiger partial charge in [0.15, 0.2) is 0 Å². The lowest BCUT2D eigenvalue weighted by Crippen LogP contribution is -1.93. The van der Waals surface area contributed by atoms with Crippen molar-refractivity contribution in [3.8, 4) is 0 Å². The molecule has 0 aliphatic rings. The highest BCUT2D eigenvalue weighted by atomic mass is 14.1. The molecule has 0 nitrogen and oxygen atoms in total. The molecule has 0 aliphatic heterocycles. The summed E-state index contributed by atoms with van der Waals surface area (Å²) >= 11 is 0. The van der Waals surface area contributed by atoms with E-state index >= 15 is 0 Å². The van der Waals surface area contributed by atoms with Crippen molar-refractivity contribution >= 4 is 0 Å². The Labute approximate surface area is 158 Å². The minimum absolute atomic E-state index is 1.28. The summed E-state index contributed by atoms with van der Waals surface area (Å²) in [7, 11) is 0. The first kappa shape index (κ1) is 22.3. The normalized spacial score (nSPS) is 11.2. The molecule has 0 amide bonds. The van der Waals surface area contributed by atoms with Crippen molar-refractivity contribution in [2.45, 2.75) is 124 Å². The molecule has 0 spiro atoms. The fourth-order valence-corrected chi connectivity index (χ4v) is 3.81. The van der Waals surface area contributed by atoms with Gasteiger partial charge < -0.3 is 0 Å². The van der Waals surface area contributed by atoms with Crippen LogP contribution in [0.2, 0.25) is 0 Å². The van der Waals surface area contributed by atoms with E-state index in [4.69, 9.17) is 0 Å². The van der Waals surface area contributed by atoms with Crippen LogP contribution in [0.4, 0.5) is 0 Å². The third-order valence-corrected chi connectivity index (χ3v) is 5.33. The number of hydrogen-bond acceptors (Lipinski definition) is 0. The van der Waals surface area contributed by atoms with Gasteiger partial charge in [0.05, 0.1) is 0 Å². The Bertz CT molecular complexity index is 382. The lowest BCUT2D eigenvalue weighted by atomic mass is 9.97. The van der Waals surface area contributed by atoms with E-state index in [-0.39, 0.29) is 0 Å². The highest BCUT2D eigenvalue weighted by Crippen LogP contribution is 2.17. The lowest BCUT2D eigenvalue weighted by Gasteiger charge is -2.08. The van der Waals surface area contributed by atoms with Crippen LogP contribution in [0.25, 0.3) is 0 Å². The number of benzene rings is 1. The van der Waals surface area contributed by atoms with Crippen molar-refractivity contribution in [3.63, 3.8) is 0 Å². The third kappa shape index (κ3) is 12.2. The van der Waals surface area contributed by atoms with Crippen molar-refractivity contribution in [1.29, 1.82) is 0 Å². The van der Waals surface area contributed by atoms with E-state index in [1.54, 1.807) is 11.1 Å². The van der Waals surface area contributed by atoms with Gasteiger partial charge in [-0.25, -0.2) is 0 Å². The van der Waals surface area contributed by atoms with Gasteiger partial charge in [0.1, 0.15) is 0 Å². The molecule has 0 heterocycles. The second kappa shape index (κ2) is 15.5. The van der Waals surface area contributed by atoms with Crippen LogP contribution >= 0.6 is 0 Å². The van der Waals surface area contributed by atoms with E-state index in [1.807, 2.05) is 0 Å². The largest absolute Gasteiger partial charge is 0.0654 e. The third-order valence-electron chi connectivity index (χ3n) is 5.33. The quantitative estimate of drug-likeness (QED) is 0.263. The van der Waals surface area contributed by atoms with Gasteiger partial charge >= 0.3 is 0 Å². The maximum absolute atomic E-state index is 2.49. The molecular weight excluding hydrogens is 300 g/mol. The minimum atomic E-state index is 1.28. The molecular formula is C25H44. The lowest BCUT2D eigenvalue weighted by molar-refractivity contribution is 0.587. The van der Waals surface area contributed by atoms with Gasteiger partial charge in [-0.1, -0.05) is 115 Å². The zero-order valence-corrected chi connectivity index (χ0v) is 17.5. The fraction of sp³-hybridized carbons (Fsp3) is 0.760. The van der Waals surface area contributed by atoms with E-state index in [2.05, 4.69) is 39.0 Å². The summed E-state index contributed by atoms with van der Waals surface area (Å²) in [5.41, 5.74) is 4.61. The summed E-state index contributed by atoms with van der Waals surface area (Å²) in [6, 6.07) is 7.30. The van der Waals surface area contributed by atoms with Crippen molar-refractivity contribution in [2.24, 2.45) is 0 Å². The summed E-state index contributed by atoms with van der Waals surface area (Å²) < 4.78 is 0. The standard InChI is InChI=1S/C25H44/c1-4-6-8-10-12-14-16-18-24-20-23(3)21-25(22-24)19-17-15-13-11-9-7-5-2/h20-22H,4-19H2,1-3H3. The highest BCUT2D eigenvalue weighted by molar-refractivity contribution is 5.29. The Kier molecular flexibility index (Phi) is 13.8. The Morgan fingerprint density at radius 3 is 1.24 bits per heavy atom. The first-order valence-corrected chi connectivity index (χ1v) is 11.4. The molecule has 1 rings (SSSR count). The second-order valence-corrected chi connectivity index (χ2v) is 8.07. The molecule has 0 radical (unpaired) electrons. The van der Waals surface area contributed by atoms with Crippen LogP contribution in [0.15, 0.2) is 18.2 Å². The van der Waals surface area contributed by atoms with E-state index in [1.165, 1.54) is 108 Å². The van der Waals surface area contributed by atoms with E-state index in [0.717, 1.165) is 0 Å². The van der Waals surface area contributed by atoms with Gasteiger partial charge in [0.2, 0.25) is 0 Å². The first-order valence-electron chi connectivity index (χ1n) is 11.4. The van der Waals surface area contributed by atoms with Crippen LogP contribution in [-0.4, -0.2) is 0 Å². The molecule has 0 fully saturated rings. The maximum atomic E-state index is 2.49. The molecule has 0 unspecified atom stereocenters. The van der Waals surface area contributed by atoms with Crippen LogP contribution < -0.4 is 0 Å². The topological polar surface area (TPSA) is 0 Å². The molecule has 25 heavy (non-hydrogen) atoms. The molecule has 0 N–H and O–H groups in total. The molecule has 144 valence electrons. The molecule has 0 atom stereocenters. The van der Waals surface area contributed by atoms with Gasteiger partial charge in [-0.2, -0.15) is 0 Å². The SMILES string of the molecule is CCCCCCCCCc1cc(C)cc(CCCCCCCCC)c1. The van der Waals surface area contributed by atoms with E-state index in [9.17, 15) is 0 Å². The Morgan fingerprint density at radius 1 is 0.480 bits per heavy atom. The Morgan fingerprint density at radius 2 is 0.840 bits per heavy atom. The molecule has 0 saturated heterocycles. The zero-order valence-electron chi connectivity index (χ0n) is 17.5. The molecule has 0 aromatic heterocycles. The van der Waals surface area contributed by atoms with Crippen molar-refractivity contribution in [3.05, 3.63) is 34.9 Å². The van der Waals surface area contributed by atoms with Gasteiger partial charge in [0, 0.05) is 0 Å². The zero-order chi connectivity index (χ0) is 18.2. The monoisotopic (exact) mass is 344 g/mol. The van der Waals surface area contributed by atoms with Crippen molar-refractivity contribution < 1.29 is 0 Å². The Balaban J connectivity index is 2.19. The molecule has 0 bridgehead atoms. The smallest absolute Gasteiger partial charge is 0.0279 e. The van der Waals surface area contributed by atoms with Gasteiger partial charge in [0.25, 0.3) is 0 Å². The molecule has 1 aromatic rings. The number of hydrogen-bond donors (Lipinski definition) is 0. The summed E-state index contributed by atoms with van der Waals surface area (Å²) in [4.78, 5) is 0. The molecule has 1 aromatic carbocycles. The van der Waals surface area contributed by atoms with Crippen LogP contribution in [0, 0.1) is 6.92 Å². The predicted molar refractivity (Wildman–Crippen MR) is 115 cm³/mol. The van der Waals surface area contributed by atoms with E-state index < -0.39 is 0 Å². The first-order chi connectivity index (χ1) is 12.3. The molecule has 0 heteroatoms.